The number of amides is 3. The molecule has 0 aliphatic heterocycles. The van der Waals surface area contributed by atoms with E-state index in [0.717, 1.165) is 5.56 Å². The summed E-state index contributed by atoms with van der Waals surface area (Å²) >= 11 is 0. The number of benzene rings is 1. The summed E-state index contributed by atoms with van der Waals surface area (Å²) in [5.74, 6) is -3.04. The molecule has 0 aromatic heterocycles. The highest BCUT2D eigenvalue weighted by atomic mass is 16.7. The van der Waals surface area contributed by atoms with Gasteiger partial charge in [-0.25, -0.2) is 5.48 Å². The fourth-order valence-corrected chi connectivity index (χ4v) is 2.19. The fourth-order valence-electron chi connectivity index (χ4n) is 2.19. The number of carboxylic acids is 1. The quantitative estimate of drug-likeness (QED) is 0.426. The fraction of sp³-hybridized carbons (Fsp3) is 0.500. The van der Waals surface area contributed by atoms with Crippen LogP contribution in [0, 0.1) is 0 Å². The third-order valence-corrected chi connectivity index (χ3v) is 3.73. The summed E-state index contributed by atoms with van der Waals surface area (Å²) < 4.78 is 0. The molecule has 1 aromatic rings. The molecule has 0 saturated carbocycles. The van der Waals surface area contributed by atoms with Gasteiger partial charge >= 0.3 is 5.97 Å². The van der Waals surface area contributed by atoms with E-state index in [-0.39, 0.29) is 6.42 Å². The molecule has 9 heteroatoms. The van der Waals surface area contributed by atoms with Crippen molar-refractivity contribution in [3.8, 4) is 0 Å². The van der Waals surface area contributed by atoms with E-state index >= 15 is 0 Å². The Bertz CT molecular complexity index is 715. The van der Waals surface area contributed by atoms with Crippen LogP contribution in [0.2, 0.25) is 0 Å². The van der Waals surface area contributed by atoms with Crippen molar-refractivity contribution in [1.29, 1.82) is 0 Å². The van der Waals surface area contributed by atoms with Crippen molar-refractivity contribution < 1.29 is 29.1 Å². The largest absolute Gasteiger partial charge is 0.480 e. The van der Waals surface area contributed by atoms with Gasteiger partial charge in [-0.15, -0.1) is 0 Å². The Balaban J connectivity index is 2.72. The first-order valence-corrected chi connectivity index (χ1v) is 9.31. The maximum absolute atomic E-state index is 12.4. The average molecular weight is 407 g/mol. The Morgan fingerprint density at radius 2 is 1.66 bits per heavy atom. The molecular formula is C20H29N3O6. The van der Waals surface area contributed by atoms with Crippen molar-refractivity contribution in [2.24, 2.45) is 0 Å². The van der Waals surface area contributed by atoms with Gasteiger partial charge in [-0.1, -0.05) is 30.3 Å². The van der Waals surface area contributed by atoms with Gasteiger partial charge in [0, 0.05) is 6.42 Å². The maximum Gasteiger partial charge on any atom is 0.325 e. The predicted octanol–water partition coefficient (Wildman–Crippen LogP) is 0.930. The Morgan fingerprint density at radius 3 is 2.21 bits per heavy atom. The zero-order chi connectivity index (χ0) is 22.0. The molecule has 0 spiro atoms. The molecule has 0 fully saturated rings. The van der Waals surface area contributed by atoms with Crippen LogP contribution < -0.4 is 16.1 Å². The van der Waals surface area contributed by atoms with Crippen LogP contribution in [0.4, 0.5) is 0 Å². The minimum atomic E-state index is -1.23. The summed E-state index contributed by atoms with van der Waals surface area (Å²) in [6, 6.07) is 6.94. The average Bonchev–Trinajstić information content (AvgIpc) is 2.64. The van der Waals surface area contributed by atoms with Crippen LogP contribution in [0.15, 0.2) is 30.3 Å². The first-order chi connectivity index (χ1) is 13.5. The molecule has 1 rings (SSSR count). The summed E-state index contributed by atoms with van der Waals surface area (Å²) in [4.78, 5) is 52.9. The molecule has 0 heterocycles. The summed E-state index contributed by atoms with van der Waals surface area (Å²) in [5, 5.41) is 13.7. The van der Waals surface area contributed by atoms with Crippen molar-refractivity contribution in [2.45, 2.75) is 64.6 Å². The monoisotopic (exact) mass is 407 g/mol. The number of carbonyl (C=O) groups is 4. The van der Waals surface area contributed by atoms with Crippen LogP contribution in [-0.2, 0) is 30.4 Å². The second-order valence-electron chi connectivity index (χ2n) is 7.62. The zero-order valence-corrected chi connectivity index (χ0v) is 17.2. The van der Waals surface area contributed by atoms with Crippen molar-refractivity contribution in [1.82, 2.24) is 16.1 Å². The van der Waals surface area contributed by atoms with Gasteiger partial charge in [-0.3, -0.25) is 24.0 Å². The van der Waals surface area contributed by atoms with E-state index in [1.54, 1.807) is 20.8 Å². The van der Waals surface area contributed by atoms with Crippen molar-refractivity contribution in [3.05, 3.63) is 35.9 Å². The summed E-state index contributed by atoms with van der Waals surface area (Å²) in [5.41, 5.74) is 2.55. The van der Waals surface area contributed by atoms with Gasteiger partial charge in [0.15, 0.2) is 0 Å². The van der Waals surface area contributed by atoms with Gasteiger partial charge in [0.2, 0.25) is 17.7 Å². The number of nitrogens with one attached hydrogen (secondary N) is 3. The van der Waals surface area contributed by atoms with Crippen LogP contribution in [0.1, 0.15) is 46.1 Å². The van der Waals surface area contributed by atoms with E-state index in [2.05, 4.69) is 16.1 Å². The SMILES string of the molecule is CC(NC(=O)[C@H](CC(=O)NOC(C)(C)C)NC(=O)CCc1ccccc1)C(=O)O. The third kappa shape index (κ3) is 10.2. The van der Waals surface area contributed by atoms with E-state index in [9.17, 15) is 19.2 Å². The Hall–Kier alpha value is -2.94. The lowest BCUT2D eigenvalue weighted by Crippen LogP contribution is -2.52. The molecule has 1 unspecified atom stereocenters. The highest BCUT2D eigenvalue weighted by Gasteiger charge is 2.27. The number of hydrogen-bond donors (Lipinski definition) is 4. The molecule has 160 valence electrons. The number of hydroxylamine groups is 1. The van der Waals surface area contributed by atoms with Crippen LogP contribution in [0.5, 0.6) is 0 Å². The lowest BCUT2D eigenvalue weighted by atomic mass is 10.1. The zero-order valence-electron chi connectivity index (χ0n) is 17.2. The number of aliphatic carboxylic acids is 1. The normalized spacial score (nSPS) is 13.1. The molecule has 3 amide bonds. The highest BCUT2D eigenvalue weighted by Crippen LogP contribution is 2.06. The van der Waals surface area contributed by atoms with Gasteiger partial charge in [0.25, 0.3) is 0 Å². The molecule has 1 aromatic carbocycles. The van der Waals surface area contributed by atoms with E-state index in [1.165, 1.54) is 6.92 Å². The summed E-state index contributed by atoms with van der Waals surface area (Å²) in [7, 11) is 0. The van der Waals surface area contributed by atoms with Crippen LogP contribution in [0.3, 0.4) is 0 Å². The van der Waals surface area contributed by atoms with Crippen molar-refractivity contribution in [2.75, 3.05) is 0 Å². The highest BCUT2D eigenvalue weighted by molar-refractivity contribution is 5.93. The molecule has 29 heavy (non-hydrogen) atoms. The third-order valence-electron chi connectivity index (χ3n) is 3.73. The molecule has 9 nitrogen and oxygen atoms in total. The van der Waals surface area contributed by atoms with E-state index in [4.69, 9.17) is 9.94 Å². The smallest absolute Gasteiger partial charge is 0.325 e. The summed E-state index contributed by atoms with van der Waals surface area (Å²) in [6.45, 7) is 6.49. The van der Waals surface area contributed by atoms with Crippen LogP contribution in [0.25, 0.3) is 0 Å². The lowest BCUT2D eigenvalue weighted by molar-refractivity contribution is -0.148. The Morgan fingerprint density at radius 1 is 1.03 bits per heavy atom. The molecule has 0 bridgehead atoms. The Labute approximate surface area is 170 Å². The first kappa shape index (κ1) is 24.1. The molecule has 0 aliphatic rings. The topological polar surface area (TPSA) is 134 Å². The number of hydrogen-bond acceptors (Lipinski definition) is 5. The van der Waals surface area contributed by atoms with Gasteiger partial charge in [0.05, 0.1) is 12.0 Å². The molecule has 0 radical (unpaired) electrons. The standard InChI is InChI=1S/C20H29N3O6/c1-13(19(27)28)21-18(26)15(12-17(25)23-29-20(2,3)4)22-16(24)11-10-14-8-6-5-7-9-14/h5-9,13,15H,10-12H2,1-4H3,(H,21,26)(H,22,24)(H,23,25)(H,27,28)/t13?,15-/m0/s1. The molecule has 4 N–H and O–H groups in total. The van der Waals surface area contributed by atoms with Crippen molar-refractivity contribution >= 4 is 23.7 Å². The van der Waals surface area contributed by atoms with Crippen LogP contribution in [-0.4, -0.2) is 46.5 Å². The van der Waals surface area contributed by atoms with E-state index in [1.807, 2.05) is 30.3 Å². The summed E-state index contributed by atoms with van der Waals surface area (Å²) in [6.07, 6.45) is 0.180. The van der Waals surface area contributed by atoms with Gasteiger partial charge < -0.3 is 15.7 Å². The van der Waals surface area contributed by atoms with Gasteiger partial charge in [-0.2, -0.15) is 0 Å². The maximum atomic E-state index is 12.4. The second kappa shape index (κ2) is 11.2. The van der Waals surface area contributed by atoms with Gasteiger partial charge in [0.1, 0.15) is 12.1 Å². The van der Waals surface area contributed by atoms with E-state index < -0.39 is 47.8 Å². The van der Waals surface area contributed by atoms with Gasteiger partial charge in [-0.05, 0) is 39.7 Å². The number of aryl methyl sites for hydroxylation is 1. The molecule has 0 saturated heterocycles. The van der Waals surface area contributed by atoms with Crippen molar-refractivity contribution in [3.63, 3.8) is 0 Å². The van der Waals surface area contributed by atoms with E-state index in [0.29, 0.717) is 6.42 Å². The lowest BCUT2D eigenvalue weighted by Gasteiger charge is -2.22. The minimum absolute atomic E-state index is 0.113. The number of carboxylic acid groups (broad SMARTS) is 1. The first-order valence-electron chi connectivity index (χ1n) is 9.31. The Kier molecular flexibility index (Phi) is 9.27. The number of rotatable bonds is 10. The second-order valence-corrected chi connectivity index (χ2v) is 7.62. The van der Waals surface area contributed by atoms with Crippen LogP contribution >= 0.6 is 0 Å². The molecule has 2 atom stereocenters. The molecular weight excluding hydrogens is 378 g/mol. The predicted molar refractivity (Wildman–Crippen MR) is 106 cm³/mol. The number of carbonyl (C=O) groups excluding carboxylic acids is 3. The minimum Gasteiger partial charge on any atom is -0.480 e. The molecule has 0 aliphatic carbocycles.